The fourth-order valence-electron chi connectivity index (χ4n) is 3.89. The maximum atomic E-state index is 11.8. The van der Waals surface area contributed by atoms with Gasteiger partial charge in [-0.25, -0.2) is 0 Å². The van der Waals surface area contributed by atoms with Crippen molar-refractivity contribution < 1.29 is 9.53 Å². The summed E-state index contributed by atoms with van der Waals surface area (Å²) in [6.45, 7) is 5.14. The Bertz CT molecular complexity index is 282. The molecule has 0 aromatic rings. The first-order valence-corrected chi connectivity index (χ1v) is 5.26. The summed E-state index contributed by atoms with van der Waals surface area (Å²) in [6.07, 6.45) is 3.61. The normalized spacial score (nSPS) is 50.8. The average molecular weight is 180 g/mol. The summed E-state index contributed by atoms with van der Waals surface area (Å²) in [7, 11) is 0. The lowest BCUT2D eigenvalue weighted by Crippen LogP contribution is -2.37. The molecule has 3 fully saturated rings. The first-order valence-electron chi connectivity index (χ1n) is 5.26. The molecule has 0 amide bonds. The minimum atomic E-state index is -0.0613. The van der Waals surface area contributed by atoms with Crippen LogP contribution in [0.2, 0.25) is 0 Å². The van der Waals surface area contributed by atoms with Crippen molar-refractivity contribution >= 4 is 5.97 Å². The molecule has 0 aromatic carbocycles. The largest absolute Gasteiger partial charge is 0.465 e. The lowest BCUT2D eigenvalue weighted by atomic mass is 9.78. The Morgan fingerprint density at radius 2 is 2.15 bits per heavy atom. The molecule has 2 bridgehead atoms. The van der Waals surface area contributed by atoms with Crippen molar-refractivity contribution in [2.24, 2.45) is 22.7 Å². The molecule has 2 nitrogen and oxygen atoms in total. The van der Waals surface area contributed by atoms with E-state index in [1.165, 1.54) is 12.8 Å². The Hall–Kier alpha value is -0.530. The van der Waals surface area contributed by atoms with Crippen molar-refractivity contribution in [1.82, 2.24) is 0 Å². The summed E-state index contributed by atoms with van der Waals surface area (Å²) in [5.74, 6) is 1.37. The van der Waals surface area contributed by atoms with Gasteiger partial charge >= 0.3 is 5.97 Å². The van der Waals surface area contributed by atoms with E-state index < -0.39 is 0 Å². The van der Waals surface area contributed by atoms with E-state index in [1.807, 2.05) is 0 Å². The van der Waals surface area contributed by atoms with Gasteiger partial charge in [0.1, 0.15) is 0 Å². The highest BCUT2D eigenvalue weighted by Crippen LogP contribution is 2.76. The second-order valence-electron chi connectivity index (χ2n) is 5.49. The van der Waals surface area contributed by atoms with E-state index in [1.54, 1.807) is 0 Å². The third-order valence-corrected chi connectivity index (χ3v) is 4.82. The number of carbonyl (C=O) groups is 1. The van der Waals surface area contributed by atoms with Crippen molar-refractivity contribution in [3.05, 3.63) is 0 Å². The van der Waals surface area contributed by atoms with Crippen LogP contribution in [0.1, 0.15) is 33.1 Å². The van der Waals surface area contributed by atoms with Crippen LogP contribution < -0.4 is 0 Å². The number of cyclic esters (lactones) is 1. The standard InChI is InChI=1S/C11H16O2/c1-10(2)8-4-3-7-5-11(8,10)9(12)13-6-7/h7-8H,3-6H2,1-2H3. The van der Waals surface area contributed by atoms with Gasteiger partial charge in [-0.05, 0) is 36.5 Å². The van der Waals surface area contributed by atoms with Crippen molar-refractivity contribution in [2.75, 3.05) is 6.61 Å². The lowest BCUT2D eigenvalue weighted by Gasteiger charge is -2.33. The van der Waals surface area contributed by atoms with Crippen LogP contribution in [0.25, 0.3) is 0 Å². The van der Waals surface area contributed by atoms with Crippen molar-refractivity contribution in [1.29, 1.82) is 0 Å². The highest BCUT2D eigenvalue weighted by molar-refractivity contribution is 5.83. The molecule has 3 rings (SSSR count). The van der Waals surface area contributed by atoms with Gasteiger partial charge in [-0.1, -0.05) is 13.8 Å². The monoisotopic (exact) mass is 180 g/mol. The molecule has 3 unspecified atom stereocenters. The van der Waals surface area contributed by atoms with Gasteiger partial charge in [0.05, 0.1) is 12.0 Å². The molecule has 1 heterocycles. The molecule has 2 aliphatic carbocycles. The third-order valence-electron chi connectivity index (χ3n) is 4.82. The quantitative estimate of drug-likeness (QED) is 0.533. The third kappa shape index (κ3) is 0.660. The first kappa shape index (κ1) is 7.84. The van der Waals surface area contributed by atoms with Crippen LogP contribution in [0.4, 0.5) is 0 Å². The molecule has 1 spiro atoms. The number of esters is 1. The predicted molar refractivity (Wildman–Crippen MR) is 48.0 cm³/mol. The van der Waals surface area contributed by atoms with E-state index in [9.17, 15) is 4.79 Å². The molecule has 72 valence electrons. The van der Waals surface area contributed by atoms with Crippen molar-refractivity contribution in [2.45, 2.75) is 33.1 Å². The fourth-order valence-corrected chi connectivity index (χ4v) is 3.89. The highest BCUT2D eigenvalue weighted by Gasteiger charge is 2.78. The number of hydrogen-bond donors (Lipinski definition) is 0. The van der Waals surface area contributed by atoms with Crippen LogP contribution in [-0.4, -0.2) is 12.6 Å². The maximum absolute atomic E-state index is 11.8. The summed E-state index contributed by atoms with van der Waals surface area (Å²) in [6, 6.07) is 0. The molecule has 13 heavy (non-hydrogen) atoms. The highest BCUT2D eigenvalue weighted by atomic mass is 16.5. The fraction of sp³-hybridized carbons (Fsp3) is 0.909. The summed E-state index contributed by atoms with van der Waals surface area (Å²) in [5.41, 5.74) is 0.160. The van der Waals surface area contributed by atoms with Crippen LogP contribution in [0, 0.1) is 22.7 Å². The Balaban J connectivity index is 2.02. The van der Waals surface area contributed by atoms with Gasteiger partial charge in [0.15, 0.2) is 0 Å². The molecule has 0 aromatic heterocycles. The predicted octanol–water partition coefficient (Wildman–Crippen LogP) is 1.99. The maximum Gasteiger partial charge on any atom is 0.312 e. The Morgan fingerprint density at radius 3 is 2.85 bits per heavy atom. The molecule has 2 saturated carbocycles. The molecular weight excluding hydrogens is 164 g/mol. The van der Waals surface area contributed by atoms with Gasteiger partial charge < -0.3 is 4.74 Å². The topological polar surface area (TPSA) is 26.3 Å². The number of ether oxygens (including phenoxy) is 1. The molecule has 3 aliphatic rings. The number of fused-ring (bicyclic) bond motifs is 1. The van der Waals surface area contributed by atoms with Crippen LogP contribution in [0.15, 0.2) is 0 Å². The van der Waals surface area contributed by atoms with Crippen LogP contribution in [0.3, 0.4) is 0 Å². The zero-order valence-electron chi connectivity index (χ0n) is 8.30. The van der Waals surface area contributed by atoms with Gasteiger partial charge in [-0.3, -0.25) is 4.79 Å². The minimum absolute atomic E-state index is 0.0613. The Morgan fingerprint density at radius 1 is 1.38 bits per heavy atom. The van der Waals surface area contributed by atoms with Crippen LogP contribution in [0.5, 0.6) is 0 Å². The Labute approximate surface area is 78.6 Å². The molecule has 2 heteroatoms. The van der Waals surface area contributed by atoms with E-state index in [0.717, 1.165) is 6.42 Å². The van der Waals surface area contributed by atoms with Gasteiger partial charge in [0.25, 0.3) is 0 Å². The molecule has 0 radical (unpaired) electrons. The van der Waals surface area contributed by atoms with Gasteiger partial charge in [-0.15, -0.1) is 0 Å². The number of rotatable bonds is 0. The van der Waals surface area contributed by atoms with E-state index in [0.29, 0.717) is 18.4 Å². The number of carbonyl (C=O) groups excluding carboxylic acids is 1. The molecule has 0 N–H and O–H groups in total. The van der Waals surface area contributed by atoms with E-state index in [4.69, 9.17) is 4.74 Å². The zero-order chi connectivity index (χ0) is 9.27. The van der Waals surface area contributed by atoms with Crippen LogP contribution in [-0.2, 0) is 9.53 Å². The van der Waals surface area contributed by atoms with E-state index >= 15 is 0 Å². The second-order valence-corrected chi connectivity index (χ2v) is 5.49. The SMILES string of the molecule is CC1(C)C2CCC3COC(=O)C21C3. The summed E-state index contributed by atoms with van der Waals surface area (Å²) < 4.78 is 5.29. The average Bonchev–Trinajstić information content (AvgIpc) is 2.58. The summed E-state index contributed by atoms with van der Waals surface area (Å²) in [4.78, 5) is 11.8. The lowest BCUT2D eigenvalue weighted by molar-refractivity contribution is -0.163. The van der Waals surface area contributed by atoms with Gasteiger partial charge in [0.2, 0.25) is 0 Å². The molecule has 1 aliphatic heterocycles. The van der Waals surface area contributed by atoms with E-state index in [-0.39, 0.29) is 16.8 Å². The van der Waals surface area contributed by atoms with Gasteiger partial charge in [0, 0.05) is 0 Å². The van der Waals surface area contributed by atoms with Gasteiger partial charge in [-0.2, -0.15) is 0 Å². The molecular formula is C11H16O2. The Kier molecular flexibility index (Phi) is 1.17. The smallest absolute Gasteiger partial charge is 0.312 e. The summed E-state index contributed by atoms with van der Waals surface area (Å²) in [5, 5.41) is 0. The van der Waals surface area contributed by atoms with E-state index in [2.05, 4.69) is 13.8 Å². The minimum Gasteiger partial charge on any atom is -0.465 e. The second kappa shape index (κ2) is 1.94. The first-order chi connectivity index (χ1) is 6.09. The molecule has 3 atom stereocenters. The summed E-state index contributed by atoms with van der Waals surface area (Å²) >= 11 is 0. The van der Waals surface area contributed by atoms with Crippen molar-refractivity contribution in [3.63, 3.8) is 0 Å². The molecule has 1 saturated heterocycles. The van der Waals surface area contributed by atoms with Crippen LogP contribution >= 0.6 is 0 Å². The number of hydrogen-bond acceptors (Lipinski definition) is 2. The van der Waals surface area contributed by atoms with Crippen molar-refractivity contribution in [3.8, 4) is 0 Å². The zero-order valence-corrected chi connectivity index (χ0v) is 8.30.